The molecule has 1 heterocycles. The van der Waals surface area contributed by atoms with Crippen LogP contribution in [-0.2, 0) is 4.79 Å². The Balaban J connectivity index is 2.51. The van der Waals surface area contributed by atoms with E-state index in [1.54, 1.807) is 0 Å². The molecule has 1 aromatic heterocycles. The van der Waals surface area contributed by atoms with Gasteiger partial charge in [-0.15, -0.1) is 0 Å². The molecule has 0 saturated heterocycles. The summed E-state index contributed by atoms with van der Waals surface area (Å²) >= 11 is 0. The molecule has 116 valence electrons. The van der Waals surface area contributed by atoms with Crippen molar-refractivity contribution in [1.82, 2.24) is 10.3 Å². The Morgan fingerprint density at radius 2 is 2.05 bits per heavy atom. The van der Waals surface area contributed by atoms with Gasteiger partial charge < -0.3 is 4.42 Å². The predicted octanol–water partition coefficient (Wildman–Crippen LogP) is 1.76. The van der Waals surface area contributed by atoms with Gasteiger partial charge in [-0.25, -0.2) is 5.43 Å². The number of carbonyl (C=O) groups excluding carboxylic acids is 1. The van der Waals surface area contributed by atoms with Gasteiger partial charge in [-0.1, -0.05) is 0 Å². The van der Waals surface area contributed by atoms with E-state index in [9.17, 15) is 14.9 Å². The van der Waals surface area contributed by atoms with Crippen molar-refractivity contribution in [3.05, 3.63) is 28.0 Å². The zero-order valence-electron chi connectivity index (χ0n) is 12.6. The van der Waals surface area contributed by atoms with Crippen LogP contribution in [0.5, 0.6) is 0 Å². The van der Waals surface area contributed by atoms with Crippen molar-refractivity contribution in [1.29, 1.82) is 0 Å². The third-order valence-corrected chi connectivity index (χ3v) is 2.83. The zero-order valence-corrected chi connectivity index (χ0v) is 12.6. The van der Waals surface area contributed by atoms with E-state index >= 15 is 0 Å². The smallest absolute Gasteiger partial charge is 0.400 e. The fourth-order valence-electron chi connectivity index (χ4n) is 1.84. The molecule has 0 bridgehead atoms. The molecule has 0 aromatic carbocycles. The van der Waals surface area contributed by atoms with E-state index in [-0.39, 0.29) is 36.2 Å². The van der Waals surface area contributed by atoms with Gasteiger partial charge in [0.2, 0.25) is 0 Å². The van der Waals surface area contributed by atoms with Gasteiger partial charge in [-0.2, -0.15) is 5.10 Å². The van der Waals surface area contributed by atoms with Crippen molar-refractivity contribution in [2.24, 2.45) is 5.10 Å². The highest BCUT2D eigenvalue weighted by Crippen LogP contribution is 2.13. The van der Waals surface area contributed by atoms with Gasteiger partial charge >= 0.3 is 5.88 Å². The number of hydrogen-bond donors (Lipinski definition) is 1. The number of nitrogens with zero attached hydrogens (tertiary/aromatic N) is 3. The molecule has 21 heavy (non-hydrogen) atoms. The van der Waals surface area contributed by atoms with Crippen LogP contribution in [-0.4, -0.2) is 40.6 Å². The Morgan fingerprint density at radius 3 is 2.52 bits per heavy atom. The first kappa shape index (κ1) is 16.8. The van der Waals surface area contributed by atoms with Crippen molar-refractivity contribution in [3.8, 4) is 0 Å². The Kier molecular flexibility index (Phi) is 6.04. The third kappa shape index (κ3) is 5.35. The van der Waals surface area contributed by atoms with Crippen LogP contribution in [0.1, 0.15) is 33.5 Å². The molecule has 0 aliphatic rings. The topological polar surface area (TPSA) is 101 Å². The minimum atomic E-state index is -0.640. The van der Waals surface area contributed by atoms with Crippen LogP contribution >= 0.6 is 0 Å². The summed E-state index contributed by atoms with van der Waals surface area (Å²) in [6, 6.07) is 3.12. The highest BCUT2D eigenvalue weighted by atomic mass is 16.6. The maximum Gasteiger partial charge on any atom is 0.433 e. The van der Waals surface area contributed by atoms with Gasteiger partial charge in [0.15, 0.2) is 5.76 Å². The van der Waals surface area contributed by atoms with Gasteiger partial charge in [0.1, 0.15) is 4.92 Å². The number of hydrazone groups is 1. The maximum absolute atomic E-state index is 11.8. The van der Waals surface area contributed by atoms with Gasteiger partial charge in [-0.05, 0) is 33.8 Å². The standard InChI is InChI=1S/C13H20N4O4/c1-9(2)16(10(3)4)8-12(18)15-14-7-11-5-6-13(21-11)17(19)20/h5-7,9-10H,8H2,1-4H3,(H,15,18)/b14-7+. The van der Waals surface area contributed by atoms with Crippen LogP contribution in [0.4, 0.5) is 5.88 Å². The molecule has 1 rings (SSSR count). The molecule has 1 N–H and O–H groups in total. The highest BCUT2D eigenvalue weighted by molar-refractivity contribution is 5.81. The summed E-state index contributed by atoms with van der Waals surface area (Å²) in [5, 5.41) is 14.2. The first-order chi connectivity index (χ1) is 9.81. The van der Waals surface area contributed by atoms with Crippen LogP contribution in [0.2, 0.25) is 0 Å². The number of hydrogen-bond acceptors (Lipinski definition) is 6. The first-order valence-electron chi connectivity index (χ1n) is 6.63. The number of carbonyl (C=O) groups is 1. The minimum Gasteiger partial charge on any atom is -0.400 e. The lowest BCUT2D eigenvalue weighted by atomic mass is 10.2. The van der Waals surface area contributed by atoms with Crippen molar-refractivity contribution in [3.63, 3.8) is 0 Å². The Bertz CT molecular complexity index is 514. The normalized spacial score (nSPS) is 11.8. The maximum atomic E-state index is 11.8. The SMILES string of the molecule is CC(C)N(CC(=O)N/N=C/c1ccc([N+](=O)[O-])o1)C(C)C. The van der Waals surface area contributed by atoms with Crippen LogP contribution in [0.15, 0.2) is 21.7 Å². The van der Waals surface area contributed by atoms with Gasteiger partial charge in [0, 0.05) is 12.1 Å². The molecule has 0 unspecified atom stereocenters. The number of furan rings is 1. The molecular formula is C13H20N4O4. The Morgan fingerprint density at radius 1 is 1.43 bits per heavy atom. The Hall–Kier alpha value is -2.22. The van der Waals surface area contributed by atoms with Gasteiger partial charge in [0.25, 0.3) is 5.91 Å². The molecule has 8 nitrogen and oxygen atoms in total. The van der Waals surface area contributed by atoms with Crippen molar-refractivity contribution in [2.45, 2.75) is 39.8 Å². The average Bonchev–Trinajstić information content (AvgIpc) is 2.84. The molecule has 1 aromatic rings. The molecule has 8 heteroatoms. The zero-order chi connectivity index (χ0) is 16.0. The number of nitrogens with one attached hydrogen (secondary N) is 1. The highest BCUT2D eigenvalue weighted by Gasteiger charge is 2.16. The lowest BCUT2D eigenvalue weighted by Gasteiger charge is -2.29. The molecule has 0 atom stereocenters. The van der Waals surface area contributed by atoms with E-state index in [1.807, 2.05) is 32.6 Å². The van der Waals surface area contributed by atoms with E-state index in [0.717, 1.165) is 0 Å². The molecular weight excluding hydrogens is 276 g/mol. The lowest BCUT2D eigenvalue weighted by molar-refractivity contribution is -0.402. The van der Waals surface area contributed by atoms with Crippen molar-refractivity contribution in [2.75, 3.05) is 6.54 Å². The third-order valence-electron chi connectivity index (χ3n) is 2.83. The fourth-order valence-corrected chi connectivity index (χ4v) is 1.84. The van der Waals surface area contributed by atoms with Crippen LogP contribution in [0, 0.1) is 10.1 Å². The molecule has 0 spiro atoms. The van der Waals surface area contributed by atoms with E-state index < -0.39 is 4.92 Å². The van der Waals surface area contributed by atoms with Crippen molar-refractivity contribution >= 4 is 18.0 Å². The van der Waals surface area contributed by atoms with Crippen molar-refractivity contribution < 1.29 is 14.1 Å². The summed E-state index contributed by atoms with van der Waals surface area (Å²) in [4.78, 5) is 23.6. The number of nitro groups is 1. The molecule has 0 saturated carbocycles. The second-order valence-corrected chi connectivity index (χ2v) is 5.09. The van der Waals surface area contributed by atoms with Gasteiger partial charge in [0.05, 0.1) is 18.8 Å². The first-order valence-corrected chi connectivity index (χ1v) is 6.63. The number of rotatable bonds is 7. The second kappa shape index (κ2) is 7.53. The summed E-state index contributed by atoms with van der Waals surface area (Å²) in [6.45, 7) is 8.28. The Labute approximate surface area is 122 Å². The lowest BCUT2D eigenvalue weighted by Crippen LogP contribution is -2.43. The summed E-state index contributed by atoms with van der Waals surface area (Å²) in [5.41, 5.74) is 2.37. The van der Waals surface area contributed by atoms with E-state index in [4.69, 9.17) is 4.42 Å². The monoisotopic (exact) mass is 296 g/mol. The summed E-state index contributed by atoms with van der Waals surface area (Å²) in [7, 11) is 0. The van der Waals surface area contributed by atoms with E-state index in [1.165, 1.54) is 18.3 Å². The van der Waals surface area contributed by atoms with E-state index in [2.05, 4.69) is 10.5 Å². The molecule has 0 aliphatic carbocycles. The second-order valence-electron chi connectivity index (χ2n) is 5.09. The fraction of sp³-hybridized carbons (Fsp3) is 0.538. The molecule has 0 radical (unpaired) electrons. The average molecular weight is 296 g/mol. The van der Waals surface area contributed by atoms with Gasteiger partial charge in [-0.3, -0.25) is 19.8 Å². The van der Waals surface area contributed by atoms with Crippen LogP contribution < -0.4 is 5.43 Å². The molecule has 0 fully saturated rings. The number of amides is 1. The quantitative estimate of drug-likeness (QED) is 0.469. The predicted molar refractivity (Wildman–Crippen MR) is 78.1 cm³/mol. The summed E-state index contributed by atoms with van der Waals surface area (Å²) < 4.78 is 4.87. The molecule has 1 amide bonds. The summed E-state index contributed by atoms with van der Waals surface area (Å²) in [6.07, 6.45) is 1.22. The largest absolute Gasteiger partial charge is 0.433 e. The summed E-state index contributed by atoms with van der Waals surface area (Å²) in [5.74, 6) is -0.421. The van der Waals surface area contributed by atoms with Crippen LogP contribution in [0.25, 0.3) is 0 Å². The van der Waals surface area contributed by atoms with E-state index in [0.29, 0.717) is 0 Å². The van der Waals surface area contributed by atoms with Crippen LogP contribution in [0.3, 0.4) is 0 Å². The minimum absolute atomic E-state index is 0.201. The molecule has 0 aliphatic heterocycles.